The minimum atomic E-state index is 1.05. The van der Waals surface area contributed by atoms with E-state index >= 15 is 0 Å². The maximum atomic E-state index is 4.72. The highest BCUT2D eigenvalue weighted by molar-refractivity contribution is 6.05. The van der Waals surface area contributed by atoms with Gasteiger partial charge in [-0.1, -0.05) is 42.5 Å². The van der Waals surface area contributed by atoms with Gasteiger partial charge in [-0.3, -0.25) is 4.99 Å². The summed E-state index contributed by atoms with van der Waals surface area (Å²) in [7, 11) is 0. The van der Waals surface area contributed by atoms with Crippen molar-refractivity contribution in [2.75, 3.05) is 0 Å². The standard InChI is InChI=1S/C15H13N/c1-2-7-13(8-3-1)16-15-11-10-12-6-4-5-9-14(12)15/h1-9H,10-11H2/b16-15-. The van der Waals surface area contributed by atoms with Crippen LogP contribution >= 0.6 is 0 Å². The first-order chi connectivity index (χ1) is 7.93. The predicted molar refractivity (Wildman–Crippen MR) is 67.4 cm³/mol. The number of aryl methyl sites for hydroxylation is 1. The summed E-state index contributed by atoms with van der Waals surface area (Å²) in [4.78, 5) is 4.72. The first-order valence-electron chi connectivity index (χ1n) is 5.64. The third-order valence-corrected chi connectivity index (χ3v) is 2.98. The molecule has 0 atom stereocenters. The Morgan fingerprint density at radius 2 is 1.50 bits per heavy atom. The molecule has 0 radical (unpaired) electrons. The van der Waals surface area contributed by atoms with Crippen LogP contribution in [0.4, 0.5) is 5.69 Å². The Bertz CT molecular complexity index is 526. The van der Waals surface area contributed by atoms with Gasteiger partial charge in [0.25, 0.3) is 0 Å². The second-order valence-corrected chi connectivity index (χ2v) is 4.05. The average molecular weight is 207 g/mol. The highest BCUT2D eigenvalue weighted by Gasteiger charge is 2.16. The van der Waals surface area contributed by atoms with Crippen molar-refractivity contribution < 1.29 is 0 Å². The molecule has 78 valence electrons. The highest BCUT2D eigenvalue weighted by Crippen LogP contribution is 2.24. The molecule has 0 aromatic heterocycles. The van der Waals surface area contributed by atoms with E-state index in [1.165, 1.54) is 16.8 Å². The molecule has 0 N–H and O–H groups in total. The lowest BCUT2D eigenvalue weighted by Crippen LogP contribution is -1.92. The molecule has 0 aliphatic heterocycles. The molecule has 0 amide bonds. The predicted octanol–water partition coefficient (Wildman–Crippen LogP) is 3.75. The summed E-state index contributed by atoms with van der Waals surface area (Å²) in [6.45, 7) is 0. The molecule has 0 saturated carbocycles. The van der Waals surface area contributed by atoms with E-state index in [-0.39, 0.29) is 0 Å². The van der Waals surface area contributed by atoms with E-state index in [4.69, 9.17) is 4.99 Å². The van der Waals surface area contributed by atoms with Gasteiger partial charge in [0.2, 0.25) is 0 Å². The zero-order valence-corrected chi connectivity index (χ0v) is 9.06. The van der Waals surface area contributed by atoms with Gasteiger partial charge in [0, 0.05) is 5.71 Å². The van der Waals surface area contributed by atoms with Crippen molar-refractivity contribution in [2.24, 2.45) is 4.99 Å². The molecule has 0 unspecified atom stereocenters. The van der Waals surface area contributed by atoms with E-state index in [9.17, 15) is 0 Å². The van der Waals surface area contributed by atoms with Crippen molar-refractivity contribution in [3.8, 4) is 0 Å². The molecule has 1 nitrogen and oxygen atoms in total. The van der Waals surface area contributed by atoms with Gasteiger partial charge in [-0.2, -0.15) is 0 Å². The summed E-state index contributed by atoms with van der Waals surface area (Å²) in [5.41, 5.74) is 5.03. The van der Waals surface area contributed by atoms with Gasteiger partial charge in [0.15, 0.2) is 0 Å². The van der Waals surface area contributed by atoms with E-state index in [1.54, 1.807) is 0 Å². The van der Waals surface area contributed by atoms with Gasteiger partial charge < -0.3 is 0 Å². The summed E-state index contributed by atoms with van der Waals surface area (Å²) in [6.07, 6.45) is 2.19. The molecule has 0 saturated heterocycles. The molecule has 0 spiro atoms. The second kappa shape index (κ2) is 3.93. The van der Waals surface area contributed by atoms with Crippen molar-refractivity contribution >= 4 is 11.4 Å². The zero-order valence-electron chi connectivity index (χ0n) is 9.06. The fourth-order valence-electron chi connectivity index (χ4n) is 2.18. The number of hydrogen-bond acceptors (Lipinski definition) is 1. The van der Waals surface area contributed by atoms with Crippen LogP contribution in [0.25, 0.3) is 0 Å². The number of hydrogen-bond donors (Lipinski definition) is 0. The summed E-state index contributed by atoms with van der Waals surface area (Å²) in [5.74, 6) is 0. The smallest absolute Gasteiger partial charge is 0.0633 e. The maximum Gasteiger partial charge on any atom is 0.0633 e. The summed E-state index contributed by atoms with van der Waals surface area (Å²) >= 11 is 0. The quantitative estimate of drug-likeness (QED) is 0.675. The van der Waals surface area contributed by atoms with Crippen LogP contribution < -0.4 is 0 Å². The highest BCUT2D eigenvalue weighted by atomic mass is 14.7. The van der Waals surface area contributed by atoms with Crippen molar-refractivity contribution in [3.05, 3.63) is 65.7 Å². The van der Waals surface area contributed by atoms with Gasteiger partial charge >= 0.3 is 0 Å². The van der Waals surface area contributed by atoms with Crippen LogP contribution in [0.5, 0.6) is 0 Å². The van der Waals surface area contributed by atoms with Gasteiger partial charge in [-0.15, -0.1) is 0 Å². The number of rotatable bonds is 1. The van der Waals surface area contributed by atoms with E-state index in [0.29, 0.717) is 0 Å². The fourth-order valence-corrected chi connectivity index (χ4v) is 2.18. The largest absolute Gasteiger partial charge is 0.253 e. The summed E-state index contributed by atoms with van der Waals surface area (Å²) in [6, 6.07) is 18.7. The van der Waals surface area contributed by atoms with Gasteiger partial charge in [-0.05, 0) is 36.1 Å². The first-order valence-corrected chi connectivity index (χ1v) is 5.64. The van der Waals surface area contributed by atoms with Crippen molar-refractivity contribution in [1.29, 1.82) is 0 Å². The third kappa shape index (κ3) is 1.65. The summed E-state index contributed by atoms with van der Waals surface area (Å²) < 4.78 is 0. The molecule has 0 heterocycles. The van der Waals surface area contributed by atoms with E-state index in [1.807, 2.05) is 30.3 Å². The number of nitrogens with zero attached hydrogens (tertiary/aromatic N) is 1. The molecular formula is C15H13N. The Hall–Kier alpha value is -1.89. The molecule has 1 aliphatic carbocycles. The average Bonchev–Trinajstić information content (AvgIpc) is 2.74. The van der Waals surface area contributed by atoms with E-state index in [2.05, 4.69) is 24.3 Å². The zero-order chi connectivity index (χ0) is 10.8. The molecule has 2 aromatic rings. The Morgan fingerprint density at radius 1 is 0.750 bits per heavy atom. The van der Waals surface area contributed by atoms with Crippen LogP contribution in [0, 0.1) is 0 Å². The van der Waals surface area contributed by atoms with Gasteiger partial charge in [0.05, 0.1) is 5.69 Å². The molecule has 1 aliphatic rings. The monoisotopic (exact) mass is 207 g/mol. The van der Waals surface area contributed by atoms with Crippen molar-refractivity contribution in [1.82, 2.24) is 0 Å². The maximum absolute atomic E-state index is 4.72. The molecule has 0 bridgehead atoms. The molecular weight excluding hydrogens is 194 g/mol. The molecule has 2 aromatic carbocycles. The number of aliphatic imine (C=N–C) groups is 1. The molecule has 1 heteroatoms. The lowest BCUT2D eigenvalue weighted by molar-refractivity contribution is 1.09. The Kier molecular flexibility index (Phi) is 2.30. The number of benzene rings is 2. The lowest BCUT2D eigenvalue weighted by Gasteiger charge is -1.99. The van der Waals surface area contributed by atoms with Crippen LogP contribution in [-0.2, 0) is 6.42 Å². The SMILES string of the molecule is c1ccc(/N=C2/CCc3ccccc32)cc1. The third-order valence-electron chi connectivity index (χ3n) is 2.98. The van der Waals surface area contributed by atoms with E-state index < -0.39 is 0 Å². The van der Waals surface area contributed by atoms with E-state index in [0.717, 1.165) is 18.5 Å². The van der Waals surface area contributed by atoms with Crippen molar-refractivity contribution in [2.45, 2.75) is 12.8 Å². The molecule has 0 fully saturated rings. The first kappa shape index (κ1) is 9.34. The van der Waals surface area contributed by atoms with Crippen molar-refractivity contribution in [3.63, 3.8) is 0 Å². The summed E-state index contributed by atoms with van der Waals surface area (Å²) in [5, 5.41) is 0. The Labute approximate surface area is 95.5 Å². The molecule has 16 heavy (non-hydrogen) atoms. The van der Waals surface area contributed by atoms with Crippen LogP contribution in [0.3, 0.4) is 0 Å². The minimum absolute atomic E-state index is 1.05. The topological polar surface area (TPSA) is 12.4 Å². The minimum Gasteiger partial charge on any atom is -0.253 e. The van der Waals surface area contributed by atoms with Crippen LogP contribution in [-0.4, -0.2) is 5.71 Å². The van der Waals surface area contributed by atoms with Crippen LogP contribution in [0.15, 0.2) is 59.6 Å². The van der Waals surface area contributed by atoms with Gasteiger partial charge in [0.1, 0.15) is 0 Å². The van der Waals surface area contributed by atoms with Crippen LogP contribution in [0.2, 0.25) is 0 Å². The Morgan fingerprint density at radius 3 is 2.38 bits per heavy atom. The fraction of sp³-hybridized carbons (Fsp3) is 0.133. The second-order valence-electron chi connectivity index (χ2n) is 4.05. The normalized spacial score (nSPS) is 16.4. The lowest BCUT2D eigenvalue weighted by atomic mass is 10.1. The van der Waals surface area contributed by atoms with Gasteiger partial charge in [-0.25, -0.2) is 0 Å². The Balaban J connectivity index is 2.02. The molecule has 3 rings (SSSR count). The number of fused-ring (bicyclic) bond motifs is 1. The number of para-hydroxylation sites is 1. The van der Waals surface area contributed by atoms with Crippen LogP contribution in [0.1, 0.15) is 17.5 Å².